The predicted molar refractivity (Wildman–Crippen MR) is 133 cm³/mol. The summed E-state index contributed by atoms with van der Waals surface area (Å²) in [6.07, 6.45) is 0.387. The highest BCUT2D eigenvalue weighted by Gasteiger charge is 2.26. The van der Waals surface area contributed by atoms with Gasteiger partial charge < -0.3 is 30.3 Å². The maximum absolute atomic E-state index is 13.1. The van der Waals surface area contributed by atoms with Crippen LogP contribution in [0.4, 0.5) is 4.39 Å². The molecule has 1 aliphatic rings. The lowest BCUT2D eigenvalue weighted by Gasteiger charge is -2.21. The molecule has 4 amide bonds. The lowest BCUT2D eigenvalue weighted by atomic mass is 10.1. The fraction of sp³-hybridized carbons (Fsp3) is 0.385. The van der Waals surface area contributed by atoms with E-state index in [0.29, 0.717) is 24.5 Å². The van der Waals surface area contributed by atoms with Gasteiger partial charge in [-0.3, -0.25) is 19.2 Å². The molecule has 0 aromatic heterocycles. The lowest BCUT2D eigenvalue weighted by Crippen LogP contribution is -2.50. The summed E-state index contributed by atoms with van der Waals surface area (Å²) in [6, 6.07) is 10.8. The van der Waals surface area contributed by atoms with Crippen molar-refractivity contribution in [2.75, 3.05) is 39.9 Å². The number of nitrogens with zero attached hydrogens (tertiary/aromatic N) is 1. The van der Waals surface area contributed by atoms with Crippen LogP contribution in [0.15, 0.2) is 48.5 Å². The Hall–Kier alpha value is -4.15. The van der Waals surface area contributed by atoms with Gasteiger partial charge in [0.15, 0.2) is 0 Å². The van der Waals surface area contributed by atoms with E-state index in [-0.39, 0.29) is 56.4 Å². The standard InChI is InChI=1S/C26H31FN4O6/c1-31-14-16-37-22-6-3-2-5-20(22)25(34)30-21(17-23(32)28-12-4-7-24(31)33)26(35)29-13-15-36-19-10-8-18(27)9-11-19/h2-3,5-6,8-11,21H,4,7,12-17H2,1H3,(H,28,32)(H,29,35)(H,30,34)/t21-/m0/s1. The second-order valence-electron chi connectivity index (χ2n) is 8.44. The summed E-state index contributed by atoms with van der Waals surface area (Å²) in [4.78, 5) is 52.3. The van der Waals surface area contributed by atoms with E-state index in [4.69, 9.17) is 9.47 Å². The number of carbonyl (C=O) groups excluding carboxylic acids is 4. The number of nitrogens with one attached hydrogen (secondary N) is 3. The van der Waals surface area contributed by atoms with Gasteiger partial charge in [-0.25, -0.2) is 4.39 Å². The van der Waals surface area contributed by atoms with Crippen LogP contribution >= 0.6 is 0 Å². The zero-order valence-corrected chi connectivity index (χ0v) is 20.6. The van der Waals surface area contributed by atoms with E-state index < -0.39 is 23.8 Å². The molecule has 10 nitrogen and oxygen atoms in total. The maximum atomic E-state index is 13.1. The zero-order valence-electron chi connectivity index (χ0n) is 20.6. The van der Waals surface area contributed by atoms with Gasteiger partial charge in [0.05, 0.1) is 25.1 Å². The third-order valence-corrected chi connectivity index (χ3v) is 5.63. The number of rotatable bonds is 5. The summed E-state index contributed by atoms with van der Waals surface area (Å²) in [5.41, 5.74) is 0.196. The monoisotopic (exact) mass is 514 g/mol. The molecule has 11 heteroatoms. The number of likely N-dealkylation sites (N-methyl/N-ethyl adjacent to an activating group) is 1. The maximum Gasteiger partial charge on any atom is 0.255 e. The van der Waals surface area contributed by atoms with Crippen LogP contribution in [0.2, 0.25) is 0 Å². The minimum atomic E-state index is -1.16. The number of hydrogen-bond acceptors (Lipinski definition) is 6. The smallest absolute Gasteiger partial charge is 0.255 e. The van der Waals surface area contributed by atoms with Gasteiger partial charge in [0.2, 0.25) is 17.7 Å². The highest BCUT2D eigenvalue weighted by Crippen LogP contribution is 2.18. The van der Waals surface area contributed by atoms with Crippen molar-refractivity contribution in [2.24, 2.45) is 0 Å². The summed E-state index contributed by atoms with van der Waals surface area (Å²) in [7, 11) is 1.67. The predicted octanol–water partition coefficient (Wildman–Crippen LogP) is 1.26. The normalized spacial score (nSPS) is 17.6. The molecule has 0 saturated carbocycles. The van der Waals surface area contributed by atoms with Crippen LogP contribution in [-0.2, 0) is 14.4 Å². The molecule has 3 N–H and O–H groups in total. The largest absolute Gasteiger partial charge is 0.492 e. The van der Waals surface area contributed by atoms with E-state index in [1.807, 2.05) is 0 Å². The van der Waals surface area contributed by atoms with Crippen LogP contribution in [0.5, 0.6) is 11.5 Å². The van der Waals surface area contributed by atoms with Crippen LogP contribution in [0.3, 0.4) is 0 Å². The highest BCUT2D eigenvalue weighted by molar-refractivity contribution is 6.00. The first-order valence-electron chi connectivity index (χ1n) is 12.0. The molecule has 2 aromatic carbocycles. The van der Waals surface area contributed by atoms with E-state index in [0.717, 1.165) is 0 Å². The summed E-state index contributed by atoms with van der Waals surface area (Å²) >= 11 is 0. The van der Waals surface area contributed by atoms with Crippen molar-refractivity contribution in [3.05, 3.63) is 59.9 Å². The SMILES string of the molecule is CN1CCOc2ccccc2C(=O)N[C@H](C(=O)NCCOc2ccc(F)cc2)CC(=O)NCCCC1=O. The first kappa shape index (κ1) is 27.4. The Kier molecular flexibility index (Phi) is 10.2. The average molecular weight is 515 g/mol. The van der Waals surface area contributed by atoms with Crippen molar-refractivity contribution in [1.29, 1.82) is 0 Å². The Bertz CT molecular complexity index is 1090. The summed E-state index contributed by atoms with van der Waals surface area (Å²) in [5, 5.41) is 7.97. The van der Waals surface area contributed by atoms with Crippen molar-refractivity contribution in [2.45, 2.75) is 25.3 Å². The molecule has 0 unspecified atom stereocenters. The van der Waals surface area contributed by atoms with Gasteiger partial charge in [0, 0.05) is 20.0 Å². The van der Waals surface area contributed by atoms with Gasteiger partial charge in [-0.15, -0.1) is 0 Å². The number of fused-ring (bicyclic) bond motifs is 1. The van der Waals surface area contributed by atoms with E-state index in [2.05, 4.69) is 16.0 Å². The van der Waals surface area contributed by atoms with Gasteiger partial charge in [0.25, 0.3) is 5.91 Å². The van der Waals surface area contributed by atoms with Gasteiger partial charge in [0.1, 0.15) is 36.6 Å². The highest BCUT2D eigenvalue weighted by atomic mass is 19.1. The molecule has 0 bridgehead atoms. The fourth-order valence-corrected chi connectivity index (χ4v) is 3.56. The molecule has 1 atom stereocenters. The van der Waals surface area contributed by atoms with Crippen molar-refractivity contribution >= 4 is 23.6 Å². The minimum Gasteiger partial charge on any atom is -0.492 e. The Morgan fingerprint density at radius 2 is 1.92 bits per heavy atom. The Balaban J connectivity index is 1.67. The zero-order chi connectivity index (χ0) is 26.6. The Labute approximate surface area is 214 Å². The van der Waals surface area contributed by atoms with Gasteiger partial charge >= 0.3 is 0 Å². The number of hydrogen-bond donors (Lipinski definition) is 3. The van der Waals surface area contributed by atoms with E-state index in [1.165, 1.54) is 29.2 Å². The van der Waals surface area contributed by atoms with Crippen molar-refractivity contribution in [3.8, 4) is 11.5 Å². The molecule has 198 valence electrons. The van der Waals surface area contributed by atoms with Gasteiger partial charge in [-0.1, -0.05) is 12.1 Å². The molecule has 0 saturated heterocycles. The third kappa shape index (κ3) is 8.78. The molecule has 2 aromatic rings. The number of para-hydroxylation sites is 1. The number of carbonyl (C=O) groups is 4. The molecule has 0 spiro atoms. The number of amides is 4. The van der Waals surface area contributed by atoms with Crippen molar-refractivity contribution < 1.29 is 33.0 Å². The van der Waals surface area contributed by atoms with Crippen molar-refractivity contribution in [1.82, 2.24) is 20.9 Å². The average Bonchev–Trinajstić information content (AvgIpc) is 2.89. The first-order chi connectivity index (χ1) is 17.8. The fourth-order valence-electron chi connectivity index (χ4n) is 3.56. The van der Waals surface area contributed by atoms with Gasteiger partial charge in [-0.2, -0.15) is 0 Å². The number of halogens is 1. The topological polar surface area (TPSA) is 126 Å². The second-order valence-corrected chi connectivity index (χ2v) is 8.44. The molecule has 0 aliphatic carbocycles. The van der Waals surface area contributed by atoms with E-state index in [9.17, 15) is 23.6 Å². The van der Waals surface area contributed by atoms with Gasteiger partial charge in [-0.05, 0) is 42.8 Å². The van der Waals surface area contributed by atoms with E-state index in [1.54, 1.807) is 31.3 Å². The molecule has 0 radical (unpaired) electrons. The van der Waals surface area contributed by atoms with E-state index >= 15 is 0 Å². The van der Waals surface area contributed by atoms with Crippen LogP contribution in [0.25, 0.3) is 0 Å². The Morgan fingerprint density at radius 3 is 2.70 bits per heavy atom. The first-order valence-corrected chi connectivity index (χ1v) is 12.0. The molecule has 1 aliphatic heterocycles. The molecule has 37 heavy (non-hydrogen) atoms. The molecular weight excluding hydrogens is 483 g/mol. The number of ether oxygens (including phenoxy) is 2. The summed E-state index contributed by atoms with van der Waals surface area (Å²) < 4.78 is 24.2. The number of benzene rings is 2. The third-order valence-electron chi connectivity index (χ3n) is 5.63. The molecule has 1 heterocycles. The molecular formula is C26H31FN4O6. The minimum absolute atomic E-state index is 0.0870. The molecule has 3 rings (SSSR count). The summed E-state index contributed by atoms with van der Waals surface area (Å²) in [6.45, 7) is 0.960. The molecule has 0 fully saturated rings. The van der Waals surface area contributed by atoms with Crippen LogP contribution < -0.4 is 25.4 Å². The van der Waals surface area contributed by atoms with Crippen LogP contribution in [0.1, 0.15) is 29.6 Å². The Morgan fingerprint density at radius 1 is 1.16 bits per heavy atom. The summed E-state index contributed by atoms with van der Waals surface area (Å²) in [5.74, 6) is -1.33. The lowest BCUT2D eigenvalue weighted by molar-refractivity contribution is -0.130. The quantitative estimate of drug-likeness (QED) is 0.516. The van der Waals surface area contributed by atoms with Crippen LogP contribution in [-0.4, -0.2) is 74.5 Å². The second kappa shape index (κ2) is 13.8. The van der Waals surface area contributed by atoms with Crippen molar-refractivity contribution in [3.63, 3.8) is 0 Å². The van der Waals surface area contributed by atoms with Crippen LogP contribution in [0, 0.1) is 5.82 Å².